The van der Waals surface area contributed by atoms with E-state index in [1.165, 1.54) is 11.3 Å². The Balaban J connectivity index is 1.09. The van der Waals surface area contributed by atoms with E-state index in [-0.39, 0.29) is 35.9 Å². The minimum Gasteiger partial charge on any atom is -0.435 e. The van der Waals surface area contributed by atoms with E-state index >= 15 is 0 Å². The van der Waals surface area contributed by atoms with Crippen molar-refractivity contribution >= 4 is 73.5 Å². The number of benzene rings is 1. The lowest BCUT2D eigenvalue weighted by atomic mass is 9.80. The monoisotopic (exact) mass is 999 g/mol. The second-order valence-electron chi connectivity index (χ2n) is 19.7. The molecule has 1 aromatic carbocycles. The number of unbranched alkanes of at least 4 members (excludes halogenated alkanes) is 2. The minimum atomic E-state index is -0.884. The van der Waals surface area contributed by atoms with Crippen LogP contribution in [0, 0.1) is 25.2 Å². The number of imide groups is 1. The van der Waals surface area contributed by atoms with Crippen LogP contribution in [0.2, 0.25) is 0 Å². The Morgan fingerprint density at radius 1 is 1.01 bits per heavy atom. The van der Waals surface area contributed by atoms with Crippen LogP contribution in [-0.2, 0) is 45.1 Å². The molecule has 17 heteroatoms. The van der Waals surface area contributed by atoms with Crippen molar-refractivity contribution in [3.05, 3.63) is 119 Å². The molecule has 1 fully saturated rings. The van der Waals surface area contributed by atoms with Gasteiger partial charge in [0.1, 0.15) is 18.4 Å². The molecule has 3 atom stereocenters. The molecule has 1 aliphatic heterocycles. The van der Waals surface area contributed by atoms with Crippen molar-refractivity contribution in [1.82, 2.24) is 39.6 Å². The third-order valence-electron chi connectivity index (χ3n) is 13.1. The van der Waals surface area contributed by atoms with Crippen molar-refractivity contribution in [2.45, 2.75) is 138 Å². The van der Waals surface area contributed by atoms with E-state index in [9.17, 15) is 24.0 Å². The molecule has 5 aromatic rings. The van der Waals surface area contributed by atoms with Gasteiger partial charge in [-0.05, 0) is 112 Å². The Morgan fingerprint density at radius 2 is 1.74 bits per heavy atom. The number of fused-ring (bicyclic) bond motifs is 2. The molecule has 5 heterocycles. The number of oxazole rings is 1. The second kappa shape index (κ2) is 23.5. The summed E-state index contributed by atoms with van der Waals surface area (Å²) in [5.74, 6) is -1.29. The number of aromatic nitrogens is 5. The SMILES string of the molecule is C=CCCC(NC(=O)CN1C(=O)CC(C(C)(C)C)C1=O)C(=O)N[C@@H](C)C(=C)CCCCCc1cc(C(=C)N)cc2nc(C)n(C/C=C/Cn3c(=NC(=O)c4oc(C)nc4CC)sc4cc(C(=C)C)cnc43)c12. The molecule has 5 amide bonds. The van der Waals surface area contributed by atoms with E-state index < -0.39 is 35.7 Å². The molecule has 0 saturated carbocycles. The number of hydrogen-bond acceptors (Lipinski definition) is 11. The number of nitrogens with two attached hydrogens (primary N) is 1. The third kappa shape index (κ3) is 12.9. The van der Waals surface area contributed by atoms with Gasteiger partial charge in [0.15, 0.2) is 16.3 Å². The molecule has 0 spiro atoms. The average Bonchev–Trinajstić information content (AvgIpc) is 4.06. The van der Waals surface area contributed by atoms with Gasteiger partial charge < -0.3 is 25.4 Å². The van der Waals surface area contributed by atoms with Gasteiger partial charge in [-0.1, -0.05) is 89.0 Å². The van der Waals surface area contributed by atoms with Gasteiger partial charge in [-0.2, -0.15) is 4.99 Å². The van der Waals surface area contributed by atoms with Crippen LogP contribution >= 0.6 is 11.3 Å². The van der Waals surface area contributed by atoms with Gasteiger partial charge in [0.05, 0.1) is 27.3 Å². The highest BCUT2D eigenvalue weighted by molar-refractivity contribution is 7.16. The van der Waals surface area contributed by atoms with Crippen LogP contribution in [-0.4, -0.2) is 77.2 Å². The topological polar surface area (TPSA) is 213 Å². The Hall–Kier alpha value is -7.01. The predicted molar refractivity (Wildman–Crippen MR) is 284 cm³/mol. The molecule has 16 nitrogen and oxygen atoms in total. The number of hydrogen-bond donors (Lipinski definition) is 3. The summed E-state index contributed by atoms with van der Waals surface area (Å²) in [5, 5.41) is 5.75. The van der Waals surface area contributed by atoms with Crippen LogP contribution in [0.1, 0.15) is 131 Å². The molecule has 6 rings (SSSR count). The molecule has 0 radical (unpaired) electrons. The van der Waals surface area contributed by atoms with Gasteiger partial charge in [0.25, 0.3) is 0 Å². The Morgan fingerprint density at radius 3 is 2.39 bits per heavy atom. The lowest BCUT2D eigenvalue weighted by Gasteiger charge is -2.25. The standard InChI is InChI=1S/C55H70N10O6S/c1-13-15-23-43(61-46(66)31-65-47(67)29-41(53(65)70)55(10,11)12)51(68)58-35(7)33(5)21-17-16-18-22-38-26-39(34(6)56)27-44-48(38)63(36(8)59-44)24-19-20-25-64-50-45(28-40(30-57-50)32(3)4)72-54(64)62-52(69)49-42(14-2)60-37(9)71-49/h13,19-20,26-28,30,35,41,43H,1,3,5-6,14-18,21-25,29,31,56H2,2,4,7-12H3,(H,58,68)(H,61,66)/b20-19+,62-54?/t35-,41?,43?/m0/s1. The number of aryl methyl sites for hydroxylation is 4. The quantitative estimate of drug-likeness (QED) is 0.0322. The van der Waals surface area contributed by atoms with Crippen LogP contribution in [0.3, 0.4) is 0 Å². The normalized spacial score (nSPS) is 15.2. The van der Waals surface area contributed by atoms with Crippen LogP contribution in [0.4, 0.5) is 0 Å². The summed E-state index contributed by atoms with van der Waals surface area (Å²) in [5.41, 5.74) is 14.0. The van der Waals surface area contributed by atoms with Crippen LogP contribution in [0.15, 0.2) is 83.9 Å². The first-order valence-corrected chi connectivity index (χ1v) is 25.5. The van der Waals surface area contributed by atoms with Gasteiger partial charge in [-0.3, -0.25) is 33.4 Å². The number of carbonyl (C=O) groups is 5. The highest BCUT2D eigenvalue weighted by atomic mass is 32.1. The number of nitrogens with zero attached hydrogens (tertiary/aromatic N) is 7. The number of imidazole rings is 1. The van der Waals surface area contributed by atoms with Crippen molar-refractivity contribution in [1.29, 1.82) is 0 Å². The molecule has 382 valence electrons. The summed E-state index contributed by atoms with van der Waals surface area (Å²) >= 11 is 1.38. The molecule has 1 saturated heterocycles. The smallest absolute Gasteiger partial charge is 0.317 e. The number of likely N-dealkylation sites (tertiary alicyclic amines) is 1. The van der Waals surface area contributed by atoms with E-state index in [1.54, 1.807) is 19.2 Å². The molecule has 1 aliphatic rings. The van der Waals surface area contributed by atoms with Crippen molar-refractivity contribution in [2.24, 2.45) is 22.1 Å². The minimum absolute atomic E-state index is 0.0601. The summed E-state index contributed by atoms with van der Waals surface area (Å²) in [7, 11) is 0. The summed E-state index contributed by atoms with van der Waals surface area (Å²) in [6, 6.07) is 4.84. The third-order valence-corrected chi connectivity index (χ3v) is 14.1. The first kappa shape index (κ1) is 54.3. The molecular formula is C55H70N10O6S. The number of thiazole rings is 1. The summed E-state index contributed by atoms with van der Waals surface area (Å²) < 4.78 is 10.7. The Kier molecular flexibility index (Phi) is 17.7. The Labute approximate surface area is 426 Å². The van der Waals surface area contributed by atoms with E-state index in [1.807, 2.05) is 71.2 Å². The largest absolute Gasteiger partial charge is 0.435 e. The zero-order valence-electron chi connectivity index (χ0n) is 43.2. The number of nitrogens with one attached hydrogen (secondary N) is 2. The second-order valence-corrected chi connectivity index (χ2v) is 20.8. The summed E-state index contributed by atoms with van der Waals surface area (Å²) in [6.45, 7) is 31.7. The zero-order valence-corrected chi connectivity index (χ0v) is 44.0. The van der Waals surface area contributed by atoms with Gasteiger partial charge in [0.2, 0.25) is 29.4 Å². The number of rotatable bonds is 23. The maximum atomic E-state index is 13.5. The average molecular weight is 999 g/mol. The highest BCUT2D eigenvalue weighted by Crippen LogP contribution is 2.35. The zero-order chi connectivity index (χ0) is 52.6. The van der Waals surface area contributed by atoms with Crippen molar-refractivity contribution in [3.8, 4) is 0 Å². The summed E-state index contributed by atoms with van der Waals surface area (Å²) in [6.07, 6.45) is 13.0. The van der Waals surface area contributed by atoms with E-state index in [2.05, 4.69) is 63.6 Å². The first-order valence-electron chi connectivity index (χ1n) is 24.6. The maximum absolute atomic E-state index is 13.5. The summed E-state index contributed by atoms with van der Waals surface area (Å²) in [4.78, 5) is 85.9. The lowest BCUT2D eigenvalue weighted by molar-refractivity contribution is -0.144. The van der Waals surface area contributed by atoms with Crippen molar-refractivity contribution in [3.63, 3.8) is 0 Å². The first-order chi connectivity index (χ1) is 34.1. The fraction of sp³-hybridized carbons (Fsp3) is 0.436. The number of carbonyl (C=O) groups excluding carboxylic acids is 5. The molecule has 0 aliphatic carbocycles. The van der Waals surface area contributed by atoms with Gasteiger partial charge in [-0.15, -0.1) is 6.58 Å². The fourth-order valence-corrected chi connectivity index (χ4v) is 9.86. The molecule has 4 aromatic heterocycles. The van der Waals surface area contributed by atoms with Gasteiger partial charge in [0, 0.05) is 44.4 Å². The molecule has 72 heavy (non-hydrogen) atoms. The molecule has 0 bridgehead atoms. The molecule has 2 unspecified atom stereocenters. The van der Waals surface area contributed by atoms with Gasteiger partial charge >= 0.3 is 5.91 Å². The molecular weight excluding hydrogens is 929 g/mol. The predicted octanol–water partition coefficient (Wildman–Crippen LogP) is 8.61. The van der Waals surface area contributed by atoms with Crippen molar-refractivity contribution < 1.29 is 28.4 Å². The highest BCUT2D eigenvalue weighted by Gasteiger charge is 2.45. The van der Waals surface area contributed by atoms with E-state index in [4.69, 9.17) is 20.1 Å². The maximum Gasteiger partial charge on any atom is 0.317 e. The molecule has 4 N–H and O–H groups in total. The van der Waals surface area contributed by atoms with E-state index in [0.29, 0.717) is 66.5 Å². The Bertz CT molecular complexity index is 3050. The number of amides is 5. The van der Waals surface area contributed by atoms with Crippen LogP contribution in [0.5, 0.6) is 0 Å². The van der Waals surface area contributed by atoms with Crippen LogP contribution in [0.25, 0.3) is 32.7 Å². The fourth-order valence-electron chi connectivity index (χ4n) is 8.83. The van der Waals surface area contributed by atoms with Crippen LogP contribution < -0.4 is 21.2 Å². The number of allylic oxidation sites excluding steroid dienone is 4. The van der Waals surface area contributed by atoms with E-state index in [0.717, 1.165) is 80.0 Å². The number of pyridine rings is 1. The van der Waals surface area contributed by atoms with Gasteiger partial charge in [-0.25, -0.2) is 15.0 Å². The lowest BCUT2D eigenvalue weighted by Crippen LogP contribution is -2.52. The van der Waals surface area contributed by atoms with Crippen molar-refractivity contribution in [2.75, 3.05) is 6.54 Å².